The lowest BCUT2D eigenvalue weighted by molar-refractivity contribution is -0.141. The summed E-state index contributed by atoms with van der Waals surface area (Å²) in [6, 6.07) is 1.80. The molecule has 1 amide bonds. The van der Waals surface area contributed by atoms with Gasteiger partial charge in [-0.25, -0.2) is 22.8 Å². The van der Waals surface area contributed by atoms with E-state index in [2.05, 4.69) is 25.7 Å². The maximum absolute atomic E-state index is 14.7. The van der Waals surface area contributed by atoms with Crippen LogP contribution < -0.4 is 10.6 Å². The molecule has 0 aliphatic carbocycles. The van der Waals surface area contributed by atoms with Gasteiger partial charge in [-0.3, -0.25) is 14.0 Å². The molecule has 1 unspecified atom stereocenters. The van der Waals surface area contributed by atoms with Gasteiger partial charge in [-0.05, 0) is 13.0 Å². The second kappa shape index (κ2) is 8.79. The number of imidazole rings is 1. The van der Waals surface area contributed by atoms with Gasteiger partial charge in [0, 0.05) is 31.0 Å². The molecule has 1 atom stereocenters. The number of halogens is 4. The second-order valence-corrected chi connectivity index (χ2v) is 9.97. The minimum Gasteiger partial charge on any atom is -0.323 e. The van der Waals surface area contributed by atoms with Crippen molar-refractivity contribution in [2.45, 2.75) is 24.9 Å². The van der Waals surface area contributed by atoms with E-state index in [0.29, 0.717) is 6.54 Å². The van der Waals surface area contributed by atoms with Crippen molar-refractivity contribution in [1.82, 2.24) is 29.6 Å². The lowest BCUT2D eigenvalue weighted by Gasteiger charge is -2.21. The Morgan fingerprint density at radius 1 is 1.29 bits per heavy atom. The van der Waals surface area contributed by atoms with E-state index in [1.165, 1.54) is 24.0 Å². The highest BCUT2D eigenvalue weighted by Crippen LogP contribution is 2.28. The fraction of sp³-hybridized carbons (Fsp3) is 0.368. The highest BCUT2D eigenvalue weighted by atomic mass is 32.2. The summed E-state index contributed by atoms with van der Waals surface area (Å²) in [5, 5.41) is 7.86. The predicted molar refractivity (Wildman–Crippen MR) is 111 cm³/mol. The van der Waals surface area contributed by atoms with Gasteiger partial charge in [-0.2, -0.15) is 18.3 Å². The minimum absolute atomic E-state index is 0.0218. The van der Waals surface area contributed by atoms with Crippen molar-refractivity contribution >= 4 is 21.4 Å². The molecule has 3 aromatic heterocycles. The number of pyridine rings is 1. The molecule has 1 fully saturated rings. The van der Waals surface area contributed by atoms with Crippen molar-refractivity contribution in [3.05, 3.63) is 53.8 Å². The largest absolute Gasteiger partial charge is 0.435 e. The molecular formula is C19H19F4N7O3S. The number of anilines is 1. The average Bonchev–Trinajstić information content (AvgIpc) is 3.35. The number of aromatic nitrogens is 5. The zero-order valence-electron chi connectivity index (χ0n) is 17.7. The van der Waals surface area contributed by atoms with Gasteiger partial charge in [0.15, 0.2) is 27.2 Å². The van der Waals surface area contributed by atoms with Gasteiger partial charge in [-0.15, -0.1) is 0 Å². The van der Waals surface area contributed by atoms with Crippen molar-refractivity contribution in [2.75, 3.05) is 24.2 Å². The molecule has 3 aromatic rings. The number of carbonyl (C=O) groups excluding carboxylic acids is 1. The first-order valence-corrected chi connectivity index (χ1v) is 11.7. The van der Waals surface area contributed by atoms with Crippen molar-refractivity contribution in [1.29, 1.82) is 0 Å². The van der Waals surface area contributed by atoms with Crippen LogP contribution in [0.4, 0.5) is 23.2 Å². The van der Waals surface area contributed by atoms with Crippen molar-refractivity contribution in [3.63, 3.8) is 0 Å². The summed E-state index contributed by atoms with van der Waals surface area (Å²) in [5.74, 6) is -1.76. The van der Waals surface area contributed by atoms with E-state index in [4.69, 9.17) is 0 Å². The van der Waals surface area contributed by atoms with Crippen LogP contribution in [-0.4, -0.2) is 57.5 Å². The Hall–Kier alpha value is -3.33. The smallest absolute Gasteiger partial charge is 0.323 e. The lowest BCUT2D eigenvalue weighted by atomic mass is 10.3. The number of hydrogen-bond acceptors (Lipinski definition) is 7. The highest BCUT2D eigenvalue weighted by molar-refractivity contribution is 7.91. The van der Waals surface area contributed by atoms with Crippen LogP contribution in [0.25, 0.3) is 5.82 Å². The first kappa shape index (κ1) is 23.8. The highest BCUT2D eigenvalue weighted by Gasteiger charge is 2.34. The zero-order valence-corrected chi connectivity index (χ0v) is 18.5. The molecule has 4 heterocycles. The summed E-state index contributed by atoms with van der Waals surface area (Å²) in [6.07, 6.45) is -0.869. The van der Waals surface area contributed by atoms with E-state index in [9.17, 15) is 30.8 Å². The minimum atomic E-state index is -4.64. The molecule has 15 heteroatoms. The summed E-state index contributed by atoms with van der Waals surface area (Å²) >= 11 is 0. The van der Waals surface area contributed by atoms with Crippen LogP contribution in [-0.2, 0) is 27.4 Å². The number of nitrogens with zero attached hydrogens (tertiary/aromatic N) is 5. The normalized spacial score (nSPS) is 18.1. The molecule has 34 heavy (non-hydrogen) atoms. The monoisotopic (exact) mass is 501 g/mol. The molecule has 0 aromatic carbocycles. The van der Waals surface area contributed by atoms with Gasteiger partial charge in [0.25, 0.3) is 0 Å². The van der Waals surface area contributed by atoms with Gasteiger partial charge in [-0.1, -0.05) is 0 Å². The van der Waals surface area contributed by atoms with Gasteiger partial charge >= 0.3 is 6.18 Å². The molecular weight excluding hydrogens is 482 g/mol. The van der Waals surface area contributed by atoms with Gasteiger partial charge in [0.1, 0.15) is 18.1 Å². The Bertz CT molecular complexity index is 1330. The van der Waals surface area contributed by atoms with Crippen LogP contribution in [0.5, 0.6) is 0 Å². The lowest BCUT2D eigenvalue weighted by Crippen LogP contribution is -2.38. The molecule has 0 bridgehead atoms. The van der Waals surface area contributed by atoms with E-state index < -0.39 is 45.2 Å². The fourth-order valence-corrected chi connectivity index (χ4v) is 5.03. The molecule has 1 aliphatic rings. The molecule has 10 nitrogen and oxygen atoms in total. The van der Waals surface area contributed by atoms with Crippen LogP contribution >= 0.6 is 0 Å². The van der Waals surface area contributed by atoms with Crippen LogP contribution in [0, 0.1) is 12.7 Å². The van der Waals surface area contributed by atoms with Gasteiger partial charge in [0.2, 0.25) is 5.91 Å². The van der Waals surface area contributed by atoms with Crippen LogP contribution in [0.2, 0.25) is 0 Å². The van der Waals surface area contributed by atoms with Gasteiger partial charge < -0.3 is 10.6 Å². The van der Waals surface area contributed by atoms with E-state index in [-0.39, 0.29) is 35.2 Å². The van der Waals surface area contributed by atoms with Crippen molar-refractivity contribution < 1.29 is 30.8 Å². The predicted octanol–water partition coefficient (Wildman–Crippen LogP) is 1.63. The average molecular weight is 501 g/mol. The third kappa shape index (κ3) is 4.94. The van der Waals surface area contributed by atoms with Gasteiger partial charge in [0.05, 0.1) is 23.3 Å². The molecule has 1 saturated heterocycles. The number of nitrogens with one attached hydrogen (secondary N) is 2. The number of hydrogen-bond donors (Lipinski definition) is 2. The summed E-state index contributed by atoms with van der Waals surface area (Å²) < 4.78 is 79.6. The van der Waals surface area contributed by atoms with E-state index in [1.54, 1.807) is 0 Å². The van der Waals surface area contributed by atoms with Crippen LogP contribution in [0.1, 0.15) is 22.3 Å². The number of aryl methyl sites for hydroxylation is 1. The first-order chi connectivity index (χ1) is 15.9. The number of amides is 1. The fourth-order valence-electron chi connectivity index (χ4n) is 3.46. The number of alkyl halides is 3. The molecule has 182 valence electrons. The Balaban J connectivity index is 1.46. The van der Waals surface area contributed by atoms with Crippen LogP contribution in [0.15, 0.2) is 30.9 Å². The third-order valence-electron chi connectivity index (χ3n) is 5.17. The Kier molecular flexibility index (Phi) is 6.16. The maximum atomic E-state index is 14.7. The molecule has 0 spiro atoms. The Morgan fingerprint density at radius 3 is 2.71 bits per heavy atom. The molecule has 0 saturated carbocycles. The molecule has 4 rings (SSSR count). The third-order valence-corrected chi connectivity index (χ3v) is 7.22. The number of sulfone groups is 1. The van der Waals surface area contributed by atoms with E-state index in [1.807, 2.05) is 0 Å². The summed E-state index contributed by atoms with van der Waals surface area (Å²) in [4.78, 5) is 20.2. The summed E-state index contributed by atoms with van der Waals surface area (Å²) in [6.45, 7) is 1.41. The molecule has 2 N–H and O–H groups in total. The maximum Gasteiger partial charge on any atom is 0.435 e. The molecule has 1 aliphatic heterocycles. The number of rotatable bonds is 5. The quantitative estimate of drug-likeness (QED) is 0.510. The first-order valence-electron chi connectivity index (χ1n) is 9.97. The zero-order chi connectivity index (χ0) is 24.7. The second-order valence-electron chi connectivity index (χ2n) is 7.67. The number of carbonyl (C=O) groups is 1. The summed E-state index contributed by atoms with van der Waals surface area (Å²) in [7, 11) is -3.38. The standard InChI is InChI=1S/C19H19F4N7O3S/c1-11-4-16(19(21,22)23)28-30(11)9-17(31)27-12-5-13(20)18(25-6-12)29-8-14(26-10-29)15-7-24-2-3-34(15,32)33/h4-6,8,10,15,24H,2-3,7,9H2,1H3,(H,27,31). The van der Waals surface area contributed by atoms with Crippen LogP contribution in [0.3, 0.4) is 0 Å². The van der Waals surface area contributed by atoms with Crippen molar-refractivity contribution in [3.8, 4) is 5.82 Å². The topological polar surface area (TPSA) is 124 Å². The SMILES string of the molecule is Cc1cc(C(F)(F)F)nn1CC(=O)Nc1cnc(-n2cnc(C3CNCCS3(=O)=O)c2)c(F)c1. The Morgan fingerprint density at radius 2 is 2.06 bits per heavy atom. The van der Waals surface area contributed by atoms with E-state index in [0.717, 1.165) is 23.0 Å². The van der Waals surface area contributed by atoms with E-state index >= 15 is 0 Å². The molecule has 0 radical (unpaired) electrons. The summed E-state index contributed by atoms with van der Waals surface area (Å²) in [5.41, 5.74) is -0.760. The van der Waals surface area contributed by atoms with Crippen molar-refractivity contribution in [2.24, 2.45) is 0 Å². The Labute approximate surface area is 190 Å².